The van der Waals surface area contributed by atoms with Gasteiger partial charge in [-0.1, -0.05) is 42.0 Å². The van der Waals surface area contributed by atoms with Crippen LogP contribution in [-0.4, -0.2) is 13.7 Å². The van der Waals surface area contributed by atoms with Crippen molar-refractivity contribution >= 4 is 0 Å². The molecule has 0 fully saturated rings. The van der Waals surface area contributed by atoms with E-state index in [1.54, 1.807) is 0 Å². The lowest BCUT2D eigenvalue weighted by molar-refractivity contribution is 0.288. The van der Waals surface area contributed by atoms with Crippen molar-refractivity contribution in [2.45, 2.75) is 32.2 Å². The van der Waals surface area contributed by atoms with Gasteiger partial charge in [-0.15, -0.1) is 0 Å². The predicted octanol–water partition coefficient (Wildman–Crippen LogP) is 3.82. The van der Waals surface area contributed by atoms with Crippen LogP contribution in [0.15, 0.2) is 42.5 Å². The van der Waals surface area contributed by atoms with Crippen LogP contribution in [0.5, 0.6) is 5.75 Å². The van der Waals surface area contributed by atoms with Gasteiger partial charge in [0.2, 0.25) is 0 Å². The van der Waals surface area contributed by atoms with E-state index in [0.29, 0.717) is 6.04 Å². The molecule has 0 aliphatic carbocycles. The first-order chi connectivity index (χ1) is 10.3. The summed E-state index contributed by atoms with van der Waals surface area (Å²) in [6.45, 7) is 3.00. The standard InChI is InChI=1S/C19H23NO/c1-14-5-3-6-15(11-14)12-18(20-2)16-8-9-19-17(13-16)7-4-10-21-19/h3,5-6,8-9,11,13,18,20H,4,7,10,12H2,1-2H3. The fourth-order valence-electron chi connectivity index (χ4n) is 3.06. The molecule has 0 saturated carbocycles. The van der Waals surface area contributed by atoms with Crippen LogP contribution in [0.25, 0.3) is 0 Å². The van der Waals surface area contributed by atoms with Crippen molar-refractivity contribution in [3.05, 3.63) is 64.7 Å². The molecule has 0 bridgehead atoms. The third-order valence-corrected chi connectivity index (χ3v) is 4.21. The summed E-state index contributed by atoms with van der Waals surface area (Å²) in [6, 6.07) is 15.7. The lowest BCUT2D eigenvalue weighted by Gasteiger charge is -2.22. The number of ether oxygens (including phenoxy) is 1. The molecule has 2 heteroatoms. The number of hydrogen-bond acceptors (Lipinski definition) is 2. The third kappa shape index (κ3) is 3.27. The zero-order valence-electron chi connectivity index (χ0n) is 12.9. The highest BCUT2D eigenvalue weighted by atomic mass is 16.5. The monoisotopic (exact) mass is 281 g/mol. The Labute approximate surface area is 127 Å². The lowest BCUT2D eigenvalue weighted by atomic mass is 9.95. The van der Waals surface area contributed by atoms with Crippen LogP contribution in [-0.2, 0) is 12.8 Å². The molecule has 1 atom stereocenters. The maximum absolute atomic E-state index is 5.71. The van der Waals surface area contributed by atoms with Gasteiger partial charge in [0.1, 0.15) is 5.75 Å². The first-order valence-electron chi connectivity index (χ1n) is 7.74. The smallest absolute Gasteiger partial charge is 0.122 e. The molecule has 110 valence electrons. The fraction of sp³-hybridized carbons (Fsp3) is 0.368. The van der Waals surface area contributed by atoms with E-state index in [1.807, 2.05) is 7.05 Å². The molecule has 2 nitrogen and oxygen atoms in total. The van der Waals surface area contributed by atoms with Gasteiger partial charge in [-0.05, 0) is 56.0 Å². The van der Waals surface area contributed by atoms with Crippen LogP contribution in [0.3, 0.4) is 0 Å². The average molecular weight is 281 g/mol. The molecule has 1 N–H and O–H groups in total. The molecule has 1 aliphatic rings. The minimum atomic E-state index is 0.346. The summed E-state index contributed by atoms with van der Waals surface area (Å²) in [5.41, 5.74) is 5.40. The summed E-state index contributed by atoms with van der Waals surface area (Å²) in [5, 5.41) is 3.45. The van der Waals surface area contributed by atoms with E-state index in [2.05, 4.69) is 54.7 Å². The highest BCUT2D eigenvalue weighted by molar-refractivity contribution is 5.40. The van der Waals surface area contributed by atoms with Crippen LogP contribution in [0, 0.1) is 6.92 Å². The summed E-state index contributed by atoms with van der Waals surface area (Å²) in [7, 11) is 2.04. The minimum absolute atomic E-state index is 0.346. The number of likely N-dealkylation sites (N-methyl/N-ethyl adjacent to an activating group) is 1. The number of aryl methyl sites for hydroxylation is 2. The molecule has 1 aliphatic heterocycles. The Kier molecular flexibility index (Phi) is 4.26. The van der Waals surface area contributed by atoms with Gasteiger partial charge in [-0.25, -0.2) is 0 Å². The van der Waals surface area contributed by atoms with Crippen molar-refractivity contribution in [2.24, 2.45) is 0 Å². The number of benzene rings is 2. The molecule has 3 rings (SSSR count). The molecule has 2 aromatic carbocycles. The maximum atomic E-state index is 5.71. The largest absolute Gasteiger partial charge is 0.493 e. The Balaban J connectivity index is 1.82. The topological polar surface area (TPSA) is 21.3 Å². The number of fused-ring (bicyclic) bond motifs is 1. The van der Waals surface area contributed by atoms with Crippen molar-refractivity contribution in [2.75, 3.05) is 13.7 Å². The van der Waals surface area contributed by atoms with Crippen LogP contribution in [0.2, 0.25) is 0 Å². The van der Waals surface area contributed by atoms with E-state index in [0.717, 1.165) is 31.6 Å². The van der Waals surface area contributed by atoms with Gasteiger partial charge in [0.05, 0.1) is 6.61 Å². The van der Waals surface area contributed by atoms with E-state index < -0.39 is 0 Å². The van der Waals surface area contributed by atoms with E-state index in [1.165, 1.54) is 22.3 Å². The van der Waals surface area contributed by atoms with Gasteiger partial charge in [0.25, 0.3) is 0 Å². The van der Waals surface area contributed by atoms with Gasteiger partial charge in [-0.3, -0.25) is 0 Å². The van der Waals surface area contributed by atoms with Crippen molar-refractivity contribution in [1.29, 1.82) is 0 Å². The summed E-state index contributed by atoms with van der Waals surface area (Å²) in [4.78, 5) is 0. The SMILES string of the molecule is CNC(Cc1cccc(C)c1)c1ccc2c(c1)CCCO2. The van der Waals surface area contributed by atoms with E-state index >= 15 is 0 Å². The summed E-state index contributed by atoms with van der Waals surface area (Å²) in [6.07, 6.45) is 3.26. The first kappa shape index (κ1) is 14.2. The molecule has 0 saturated heterocycles. The lowest BCUT2D eigenvalue weighted by Crippen LogP contribution is -2.19. The van der Waals surface area contributed by atoms with Gasteiger partial charge < -0.3 is 10.1 Å². The Bertz CT molecular complexity index is 621. The maximum Gasteiger partial charge on any atom is 0.122 e. The zero-order chi connectivity index (χ0) is 14.7. The molecule has 21 heavy (non-hydrogen) atoms. The van der Waals surface area contributed by atoms with Crippen LogP contribution < -0.4 is 10.1 Å². The van der Waals surface area contributed by atoms with Gasteiger partial charge in [0.15, 0.2) is 0 Å². The highest BCUT2D eigenvalue weighted by Crippen LogP contribution is 2.29. The second-order valence-corrected chi connectivity index (χ2v) is 5.85. The predicted molar refractivity (Wildman–Crippen MR) is 86.9 cm³/mol. The van der Waals surface area contributed by atoms with Crippen LogP contribution >= 0.6 is 0 Å². The molecular weight excluding hydrogens is 258 g/mol. The molecule has 0 radical (unpaired) electrons. The molecule has 1 unspecified atom stereocenters. The summed E-state index contributed by atoms with van der Waals surface area (Å²) in [5.74, 6) is 1.07. The number of hydrogen-bond donors (Lipinski definition) is 1. The summed E-state index contributed by atoms with van der Waals surface area (Å²) >= 11 is 0. The van der Waals surface area contributed by atoms with Crippen molar-refractivity contribution < 1.29 is 4.74 Å². The quantitative estimate of drug-likeness (QED) is 0.920. The summed E-state index contributed by atoms with van der Waals surface area (Å²) < 4.78 is 5.71. The molecule has 0 aromatic heterocycles. The van der Waals surface area contributed by atoms with Crippen molar-refractivity contribution in [3.8, 4) is 5.75 Å². The second kappa shape index (κ2) is 6.31. The number of nitrogens with one attached hydrogen (secondary N) is 1. The van der Waals surface area contributed by atoms with E-state index in [-0.39, 0.29) is 0 Å². The molecular formula is C19H23NO. The third-order valence-electron chi connectivity index (χ3n) is 4.21. The van der Waals surface area contributed by atoms with E-state index in [4.69, 9.17) is 4.74 Å². The van der Waals surface area contributed by atoms with Crippen LogP contribution in [0.4, 0.5) is 0 Å². The van der Waals surface area contributed by atoms with Gasteiger partial charge in [-0.2, -0.15) is 0 Å². The molecule has 0 spiro atoms. The Morgan fingerprint density at radius 1 is 1.19 bits per heavy atom. The Morgan fingerprint density at radius 2 is 2.10 bits per heavy atom. The Morgan fingerprint density at radius 3 is 2.90 bits per heavy atom. The van der Waals surface area contributed by atoms with Gasteiger partial charge in [0, 0.05) is 6.04 Å². The van der Waals surface area contributed by atoms with Gasteiger partial charge >= 0.3 is 0 Å². The normalized spacial score (nSPS) is 15.1. The minimum Gasteiger partial charge on any atom is -0.493 e. The average Bonchev–Trinajstić information content (AvgIpc) is 2.52. The highest BCUT2D eigenvalue weighted by Gasteiger charge is 2.15. The van der Waals surface area contributed by atoms with Crippen LogP contribution in [0.1, 0.15) is 34.7 Å². The number of rotatable bonds is 4. The molecule has 1 heterocycles. The second-order valence-electron chi connectivity index (χ2n) is 5.85. The van der Waals surface area contributed by atoms with Crippen molar-refractivity contribution in [3.63, 3.8) is 0 Å². The Hall–Kier alpha value is -1.80. The molecule has 0 amide bonds. The molecule has 2 aromatic rings. The van der Waals surface area contributed by atoms with E-state index in [9.17, 15) is 0 Å². The first-order valence-corrected chi connectivity index (χ1v) is 7.74. The fourth-order valence-corrected chi connectivity index (χ4v) is 3.06. The zero-order valence-corrected chi connectivity index (χ0v) is 12.9. The van der Waals surface area contributed by atoms with Crippen molar-refractivity contribution in [1.82, 2.24) is 5.32 Å².